The van der Waals surface area contributed by atoms with Crippen molar-refractivity contribution in [2.75, 3.05) is 12.3 Å². The van der Waals surface area contributed by atoms with Crippen LogP contribution in [0.2, 0.25) is 0 Å². The van der Waals surface area contributed by atoms with Crippen LogP contribution in [0.5, 0.6) is 0 Å². The Balaban J connectivity index is 1.87. The molecule has 5 heteroatoms. The number of aryl methyl sites for hydroxylation is 1. The first-order chi connectivity index (χ1) is 9.56. The molecule has 0 saturated carbocycles. The molecule has 1 aliphatic heterocycles. The molecule has 1 amide bonds. The van der Waals surface area contributed by atoms with Crippen molar-refractivity contribution in [3.8, 4) is 0 Å². The summed E-state index contributed by atoms with van der Waals surface area (Å²) in [6.07, 6.45) is 2.81. The molecule has 3 N–H and O–H groups in total. The molecule has 1 aliphatic rings. The number of nitrogen functional groups attached to an aromatic ring is 1. The molecule has 1 fully saturated rings. The normalized spacial score (nSPS) is 18.2. The number of likely N-dealkylation sites (tertiary alicyclic amines) is 1. The van der Waals surface area contributed by atoms with Crippen molar-refractivity contribution >= 4 is 17.6 Å². The molecule has 1 aromatic carbocycles. The van der Waals surface area contributed by atoms with E-state index in [-0.39, 0.29) is 18.4 Å². The smallest absolute Gasteiger partial charge is 0.305 e. The highest BCUT2D eigenvalue weighted by Gasteiger charge is 2.29. The van der Waals surface area contributed by atoms with E-state index in [0.29, 0.717) is 25.1 Å². The van der Waals surface area contributed by atoms with Crippen molar-refractivity contribution in [3.63, 3.8) is 0 Å². The van der Waals surface area contributed by atoms with Crippen molar-refractivity contribution in [2.45, 2.75) is 38.1 Å². The highest BCUT2D eigenvalue weighted by molar-refractivity contribution is 5.78. The molecule has 0 bridgehead atoms. The van der Waals surface area contributed by atoms with Gasteiger partial charge in [0.2, 0.25) is 5.91 Å². The van der Waals surface area contributed by atoms with Crippen molar-refractivity contribution in [1.82, 2.24) is 4.90 Å². The van der Waals surface area contributed by atoms with Gasteiger partial charge in [0, 0.05) is 24.7 Å². The molecule has 0 aromatic heterocycles. The Morgan fingerprint density at radius 3 is 2.65 bits per heavy atom. The van der Waals surface area contributed by atoms with Gasteiger partial charge < -0.3 is 15.7 Å². The lowest BCUT2D eigenvalue weighted by atomic mass is 10.1. The Labute approximate surface area is 118 Å². The number of benzene rings is 1. The van der Waals surface area contributed by atoms with Crippen molar-refractivity contribution in [3.05, 3.63) is 29.8 Å². The van der Waals surface area contributed by atoms with E-state index in [9.17, 15) is 9.59 Å². The van der Waals surface area contributed by atoms with Gasteiger partial charge in [0.25, 0.3) is 0 Å². The largest absolute Gasteiger partial charge is 0.481 e. The minimum absolute atomic E-state index is 0.0468. The summed E-state index contributed by atoms with van der Waals surface area (Å²) in [5.74, 6) is -0.793. The quantitative estimate of drug-likeness (QED) is 0.801. The zero-order chi connectivity index (χ0) is 14.5. The summed E-state index contributed by atoms with van der Waals surface area (Å²) < 4.78 is 0. The van der Waals surface area contributed by atoms with Crippen LogP contribution in [0.4, 0.5) is 5.69 Å². The molecule has 0 radical (unpaired) electrons. The third kappa shape index (κ3) is 3.73. The third-order valence-electron chi connectivity index (χ3n) is 3.71. The predicted molar refractivity (Wildman–Crippen MR) is 76.2 cm³/mol. The Morgan fingerprint density at radius 2 is 2.00 bits per heavy atom. The van der Waals surface area contributed by atoms with Gasteiger partial charge in [-0.1, -0.05) is 12.1 Å². The number of hydrogen-bond donors (Lipinski definition) is 2. The maximum absolute atomic E-state index is 12.2. The summed E-state index contributed by atoms with van der Waals surface area (Å²) in [6.45, 7) is 0.679. The number of nitrogens with two attached hydrogens (primary N) is 1. The maximum atomic E-state index is 12.2. The monoisotopic (exact) mass is 276 g/mol. The fraction of sp³-hybridized carbons (Fsp3) is 0.467. The van der Waals surface area contributed by atoms with Crippen LogP contribution in [0, 0.1) is 0 Å². The lowest BCUT2D eigenvalue weighted by Gasteiger charge is -2.23. The number of anilines is 1. The number of carboxylic acid groups (broad SMARTS) is 1. The minimum Gasteiger partial charge on any atom is -0.481 e. The average Bonchev–Trinajstić information content (AvgIpc) is 2.85. The lowest BCUT2D eigenvalue weighted by molar-refractivity contribution is -0.139. The van der Waals surface area contributed by atoms with Crippen LogP contribution in [0.15, 0.2) is 24.3 Å². The highest BCUT2D eigenvalue weighted by Crippen LogP contribution is 2.21. The van der Waals surface area contributed by atoms with E-state index >= 15 is 0 Å². The number of carboxylic acids is 1. The summed E-state index contributed by atoms with van der Waals surface area (Å²) >= 11 is 0. The second kappa shape index (κ2) is 6.41. The number of hydrogen-bond acceptors (Lipinski definition) is 3. The third-order valence-corrected chi connectivity index (χ3v) is 3.71. The lowest BCUT2D eigenvalue weighted by Crippen LogP contribution is -2.36. The predicted octanol–water partition coefficient (Wildman–Crippen LogP) is 1.67. The van der Waals surface area contributed by atoms with E-state index in [2.05, 4.69) is 0 Å². The highest BCUT2D eigenvalue weighted by atomic mass is 16.4. The first-order valence-electron chi connectivity index (χ1n) is 6.92. The molecule has 1 unspecified atom stereocenters. The molecular formula is C15H20N2O3. The van der Waals surface area contributed by atoms with Gasteiger partial charge in [-0.15, -0.1) is 0 Å². The topological polar surface area (TPSA) is 83.6 Å². The number of carbonyl (C=O) groups is 2. The van der Waals surface area contributed by atoms with Gasteiger partial charge >= 0.3 is 5.97 Å². The summed E-state index contributed by atoms with van der Waals surface area (Å²) in [5.41, 5.74) is 7.40. The Morgan fingerprint density at radius 1 is 1.30 bits per heavy atom. The maximum Gasteiger partial charge on any atom is 0.305 e. The second-order valence-electron chi connectivity index (χ2n) is 5.22. The molecule has 0 spiro atoms. The number of nitrogens with zero attached hydrogens (tertiary/aromatic N) is 1. The van der Waals surface area contributed by atoms with Crippen LogP contribution in [-0.2, 0) is 16.0 Å². The van der Waals surface area contributed by atoms with Crippen molar-refractivity contribution < 1.29 is 14.7 Å². The van der Waals surface area contributed by atoms with Crippen LogP contribution in [0.1, 0.15) is 31.2 Å². The van der Waals surface area contributed by atoms with Crippen LogP contribution in [0.3, 0.4) is 0 Å². The van der Waals surface area contributed by atoms with Crippen LogP contribution >= 0.6 is 0 Å². The van der Waals surface area contributed by atoms with Crippen molar-refractivity contribution in [2.24, 2.45) is 0 Å². The van der Waals surface area contributed by atoms with E-state index in [1.807, 2.05) is 24.3 Å². The van der Waals surface area contributed by atoms with E-state index in [0.717, 1.165) is 18.4 Å². The van der Waals surface area contributed by atoms with Gasteiger partial charge in [-0.2, -0.15) is 0 Å². The van der Waals surface area contributed by atoms with E-state index in [4.69, 9.17) is 10.8 Å². The van der Waals surface area contributed by atoms with Gasteiger partial charge in [-0.3, -0.25) is 9.59 Å². The summed E-state index contributed by atoms with van der Waals surface area (Å²) in [5, 5.41) is 8.86. The summed E-state index contributed by atoms with van der Waals surface area (Å²) in [4.78, 5) is 24.7. The van der Waals surface area contributed by atoms with Gasteiger partial charge in [0.05, 0.1) is 6.42 Å². The van der Waals surface area contributed by atoms with Gasteiger partial charge in [-0.25, -0.2) is 0 Å². The molecular weight excluding hydrogens is 256 g/mol. The molecule has 108 valence electrons. The second-order valence-corrected chi connectivity index (χ2v) is 5.22. The molecule has 1 heterocycles. The number of amides is 1. The molecule has 1 saturated heterocycles. The molecule has 2 rings (SSSR count). The minimum atomic E-state index is -0.840. The SMILES string of the molecule is Nc1ccc(CCC(=O)N2CCCC2CC(=O)O)cc1. The van der Waals surface area contributed by atoms with Crippen LogP contribution in [0.25, 0.3) is 0 Å². The zero-order valence-corrected chi connectivity index (χ0v) is 11.4. The number of rotatable bonds is 5. The standard InChI is InChI=1S/C15H20N2O3/c16-12-6-3-11(4-7-12)5-8-14(18)17-9-1-2-13(17)10-15(19)20/h3-4,6-7,13H,1-2,5,8-10,16H2,(H,19,20). The molecule has 0 aliphatic carbocycles. The number of aliphatic carboxylic acids is 1. The van der Waals surface area contributed by atoms with Gasteiger partial charge in [0.15, 0.2) is 0 Å². The zero-order valence-electron chi connectivity index (χ0n) is 11.4. The summed E-state index contributed by atoms with van der Waals surface area (Å²) in [6, 6.07) is 7.35. The summed E-state index contributed by atoms with van der Waals surface area (Å²) in [7, 11) is 0. The Hall–Kier alpha value is -2.04. The fourth-order valence-corrected chi connectivity index (χ4v) is 2.66. The first-order valence-corrected chi connectivity index (χ1v) is 6.92. The van der Waals surface area contributed by atoms with E-state index in [1.54, 1.807) is 4.90 Å². The first kappa shape index (κ1) is 14.4. The fourth-order valence-electron chi connectivity index (χ4n) is 2.66. The number of carbonyl (C=O) groups excluding carboxylic acids is 1. The van der Waals surface area contributed by atoms with Crippen LogP contribution < -0.4 is 5.73 Å². The van der Waals surface area contributed by atoms with Gasteiger partial charge in [0.1, 0.15) is 0 Å². The van der Waals surface area contributed by atoms with Crippen LogP contribution in [-0.4, -0.2) is 34.5 Å². The van der Waals surface area contributed by atoms with E-state index in [1.165, 1.54) is 0 Å². The molecule has 1 atom stereocenters. The Kier molecular flexibility index (Phi) is 4.61. The molecule has 20 heavy (non-hydrogen) atoms. The average molecular weight is 276 g/mol. The molecule has 5 nitrogen and oxygen atoms in total. The van der Waals surface area contributed by atoms with Gasteiger partial charge in [-0.05, 0) is 37.0 Å². The molecule has 1 aromatic rings. The van der Waals surface area contributed by atoms with Crippen molar-refractivity contribution in [1.29, 1.82) is 0 Å². The van der Waals surface area contributed by atoms with E-state index < -0.39 is 5.97 Å². The Bertz CT molecular complexity index is 484.